The zero-order valence-corrected chi connectivity index (χ0v) is 11.4. The van der Waals surface area contributed by atoms with E-state index in [4.69, 9.17) is 5.73 Å². The number of hydrogen-bond acceptors (Lipinski definition) is 1. The first-order valence-electron chi connectivity index (χ1n) is 6.95. The monoisotopic (exact) mass is 231 g/mol. The minimum absolute atomic E-state index is 0.246. The number of rotatable bonds is 3. The molecule has 0 radical (unpaired) electrons. The number of benzene rings is 1. The van der Waals surface area contributed by atoms with Crippen LogP contribution in [-0.2, 0) is 0 Å². The van der Waals surface area contributed by atoms with E-state index in [1.54, 1.807) is 0 Å². The minimum atomic E-state index is 0.246. The van der Waals surface area contributed by atoms with Crippen molar-refractivity contribution in [3.8, 4) is 0 Å². The van der Waals surface area contributed by atoms with E-state index in [1.807, 2.05) is 0 Å². The Morgan fingerprint density at radius 1 is 1.18 bits per heavy atom. The predicted octanol–water partition coefficient (Wildman–Crippen LogP) is 4.31. The van der Waals surface area contributed by atoms with E-state index >= 15 is 0 Å². The molecule has 1 saturated carbocycles. The second-order valence-corrected chi connectivity index (χ2v) is 5.84. The van der Waals surface area contributed by atoms with Crippen LogP contribution in [0.4, 0.5) is 0 Å². The maximum atomic E-state index is 6.47. The van der Waals surface area contributed by atoms with E-state index in [1.165, 1.54) is 42.4 Å². The van der Waals surface area contributed by atoms with Gasteiger partial charge in [-0.1, -0.05) is 44.9 Å². The van der Waals surface area contributed by atoms with Gasteiger partial charge in [-0.05, 0) is 48.3 Å². The molecule has 0 bridgehead atoms. The fourth-order valence-corrected chi connectivity index (χ4v) is 2.95. The fourth-order valence-electron chi connectivity index (χ4n) is 2.95. The SMILES string of the molecule is Cc1ccc(C(C)C)cc1C(N)C1CCCC1. The van der Waals surface area contributed by atoms with Crippen LogP contribution in [0.2, 0.25) is 0 Å². The lowest BCUT2D eigenvalue weighted by molar-refractivity contribution is 0.443. The smallest absolute Gasteiger partial charge is 0.0326 e. The average molecular weight is 231 g/mol. The summed E-state index contributed by atoms with van der Waals surface area (Å²) in [5.74, 6) is 1.29. The van der Waals surface area contributed by atoms with Gasteiger partial charge in [0.05, 0.1) is 0 Å². The first-order valence-corrected chi connectivity index (χ1v) is 6.95. The van der Waals surface area contributed by atoms with E-state index in [9.17, 15) is 0 Å². The largest absolute Gasteiger partial charge is 0.324 e. The molecule has 0 heterocycles. The number of nitrogens with two attached hydrogens (primary N) is 1. The topological polar surface area (TPSA) is 26.0 Å². The Morgan fingerprint density at radius 2 is 1.82 bits per heavy atom. The lowest BCUT2D eigenvalue weighted by atomic mass is 9.87. The molecule has 1 unspecified atom stereocenters. The Kier molecular flexibility index (Phi) is 3.88. The summed E-state index contributed by atoms with van der Waals surface area (Å²) in [5.41, 5.74) is 10.6. The van der Waals surface area contributed by atoms with E-state index in [-0.39, 0.29) is 6.04 Å². The highest BCUT2D eigenvalue weighted by atomic mass is 14.7. The highest BCUT2D eigenvalue weighted by Crippen LogP contribution is 2.36. The molecule has 0 spiro atoms. The summed E-state index contributed by atoms with van der Waals surface area (Å²) in [6, 6.07) is 7.06. The quantitative estimate of drug-likeness (QED) is 0.824. The second-order valence-electron chi connectivity index (χ2n) is 5.84. The highest BCUT2D eigenvalue weighted by Gasteiger charge is 2.24. The van der Waals surface area contributed by atoms with Crippen LogP contribution < -0.4 is 5.73 Å². The second kappa shape index (κ2) is 5.22. The van der Waals surface area contributed by atoms with Crippen LogP contribution in [0.3, 0.4) is 0 Å². The molecule has 1 aliphatic rings. The average Bonchev–Trinajstić information content (AvgIpc) is 2.81. The van der Waals surface area contributed by atoms with Crippen LogP contribution in [-0.4, -0.2) is 0 Å². The Morgan fingerprint density at radius 3 is 2.41 bits per heavy atom. The molecule has 0 aliphatic heterocycles. The molecule has 2 N–H and O–H groups in total. The van der Waals surface area contributed by atoms with Crippen LogP contribution in [0.1, 0.15) is 68.2 Å². The van der Waals surface area contributed by atoms with Crippen molar-refractivity contribution in [3.05, 3.63) is 34.9 Å². The van der Waals surface area contributed by atoms with Gasteiger partial charge in [-0.25, -0.2) is 0 Å². The summed E-state index contributed by atoms with van der Waals surface area (Å²) < 4.78 is 0. The third-order valence-electron chi connectivity index (χ3n) is 4.24. The van der Waals surface area contributed by atoms with Crippen molar-refractivity contribution in [3.63, 3.8) is 0 Å². The predicted molar refractivity (Wildman–Crippen MR) is 74.2 cm³/mol. The van der Waals surface area contributed by atoms with Gasteiger partial charge in [0.15, 0.2) is 0 Å². The highest BCUT2D eigenvalue weighted by molar-refractivity contribution is 5.35. The van der Waals surface area contributed by atoms with Crippen molar-refractivity contribution in [2.24, 2.45) is 11.7 Å². The molecule has 0 aromatic heterocycles. The summed E-state index contributed by atoms with van der Waals surface area (Å²) in [6.45, 7) is 6.68. The third kappa shape index (κ3) is 2.71. The van der Waals surface area contributed by atoms with Crippen molar-refractivity contribution in [2.75, 3.05) is 0 Å². The molecule has 1 aromatic carbocycles. The molecule has 1 aromatic rings. The fraction of sp³-hybridized carbons (Fsp3) is 0.625. The molecule has 17 heavy (non-hydrogen) atoms. The normalized spacial score (nSPS) is 18.9. The van der Waals surface area contributed by atoms with Crippen LogP contribution in [0, 0.1) is 12.8 Å². The molecule has 1 atom stereocenters. The van der Waals surface area contributed by atoms with Crippen LogP contribution >= 0.6 is 0 Å². The summed E-state index contributed by atoms with van der Waals surface area (Å²) >= 11 is 0. The third-order valence-corrected chi connectivity index (χ3v) is 4.24. The maximum absolute atomic E-state index is 6.47. The van der Waals surface area contributed by atoms with Crippen LogP contribution in [0.5, 0.6) is 0 Å². The zero-order chi connectivity index (χ0) is 12.4. The van der Waals surface area contributed by atoms with Crippen LogP contribution in [0.25, 0.3) is 0 Å². The molecular weight excluding hydrogens is 206 g/mol. The summed E-state index contributed by atoms with van der Waals surface area (Å²) in [5, 5.41) is 0. The molecule has 0 amide bonds. The standard InChI is InChI=1S/C16H25N/c1-11(2)14-9-8-12(3)15(10-14)16(17)13-6-4-5-7-13/h8-11,13,16H,4-7,17H2,1-3H3. The van der Waals surface area contributed by atoms with E-state index < -0.39 is 0 Å². The van der Waals surface area contributed by atoms with Crippen LogP contribution in [0.15, 0.2) is 18.2 Å². The molecule has 1 heteroatoms. The van der Waals surface area contributed by atoms with E-state index in [0.717, 1.165) is 0 Å². The van der Waals surface area contributed by atoms with Crippen molar-refractivity contribution in [1.82, 2.24) is 0 Å². The molecular formula is C16H25N. The lowest BCUT2D eigenvalue weighted by Gasteiger charge is -2.22. The lowest BCUT2D eigenvalue weighted by Crippen LogP contribution is -2.20. The van der Waals surface area contributed by atoms with Gasteiger partial charge in [0.25, 0.3) is 0 Å². The van der Waals surface area contributed by atoms with E-state index in [2.05, 4.69) is 39.0 Å². The van der Waals surface area contributed by atoms with Crippen molar-refractivity contribution in [2.45, 2.75) is 58.4 Å². The van der Waals surface area contributed by atoms with Crippen molar-refractivity contribution >= 4 is 0 Å². The van der Waals surface area contributed by atoms with E-state index in [0.29, 0.717) is 11.8 Å². The molecule has 1 aliphatic carbocycles. The Balaban J connectivity index is 2.26. The van der Waals surface area contributed by atoms with Crippen molar-refractivity contribution < 1.29 is 0 Å². The molecule has 2 rings (SSSR count). The number of aryl methyl sites for hydroxylation is 1. The summed E-state index contributed by atoms with van der Waals surface area (Å²) in [7, 11) is 0. The molecule has 94 valence electrons. The first kappa shape index (κ1) is 12.6. The zero-order valence-electron chi connectivity index (χ0n) is 11.4. The first-order chi connectivity index (χ1) is 8.09. The molecule has 1 fully saturated rings. The van der Waals surface area contributed by atoms with Gasteiger partial charge < -0.3 is 5.73 Å². The summed E-state index contributed by atoms with van der Waals surface area (Å²) in [6.07, 6.45) is 5.35. The minimum Gasteiger partial charge on any atom is -0.324 e. The van der Waals surface area contributed by atoms with Gasteiger partial charge in [-0.15, -0.1) is 0 Å². The molecule has 0 saturated heterocycles. The van der Waals surface area contributed by atoms with Gasteiger partial charge >= 0.3 is 0 Å². The summed E-state index contributed by atoms with van der Waals surface area (Å²) in [4.78, 5) is 0. The molecule has 1 nitrogen and oxygen atoms in total. The van der Waals surface area contributed by atoms with Gasteiger partial charge in [-0.2, -0.15) is 0 Å². The number of hydrogen-bond donors (Lipinski definition) is 1. The van der Waals surface area contributed by atoms with Gasteiger partial charge in [-0.3, -0.25) is 0 Å². The Hall–Kier alpha value is -0.820. The van der Waals surface area contributed by atoms with Gasteiger partial charge in [0.1, 0.15) is 0 Å². The van der Waals surface area contributed by atoms with Gasteiger partial charge in [0.2, 0.25) is 0 Å². The Labute approximate surface area is 105 Å². The Bertz CT molecular complexity index is 375. The van der Waals surface area contributed by atoms with Gasteiger partial charge in [0, 0.05) is 6.04 Å². The maximum Gasteiger partial charge on any atom is 0.0326 e. The van der Waals surface area contributed by atoms with Crippen molar-refractivity contribution in [1.29, 1.82) is 0 Å².